The van der Waals surface area contributed by atoms with Crippen LogP contribution in [-0.2, 0) is 9.05 Å². The molecule has 0 bridgehead atoms. The predicted octanol–water partition coefficient (Wildman–Crippen LogP) is 3.95. The summed E-state index contributed by atoms with van der Waals surface area (Å²) in [5.74, 6) is 0.406. The van der Waals surface area contributed by atoms with Crippen LogP contribution in [0.4, 0.5) is 0 Å². The number of hydrogen-bond acceptors (Lipinski definition) is 3. The molecule has 1 saturated carbocycles. The first kappa shape index (κ1) is 17.1. The van der Waals surface area contributed by atoms with Crippen LogP contribution in [0.1, 0.15) is 36.0 Å². The van der Waals surface area contributed by atoms with E-state index in [1.165, 1.54) is 25.0 Å². The highest BCUT2D eigenvalue weighted by molar-refractivity contribution is 9.10. The van der Waals surface area contributed by atoms with Crippen LogP contribution < -0.4 is 5.32 Å². The molecule has 1 aromatic carbocycles. The molecule has 1 aromatic rings. The van der Waals surface area contributed by atoms with Crippen LogP contribution in [0, 0.1) is 5.92 Å². The van der Waals surface area contributed by atoms with Crippen molar-refractivity contribution in [3.05, 3.63) is 27.2 Å². The summed E-state index contributed by atoms with van der Waals surface area (Å²) < 4.78 is 23.3. The van der Waals surface area contributed by atoms with Gasteiger partial charge >= 0.3 is 0 Å². The van der Waals surface area contributed by atoms with Crippen molar-refractivity contribution in [3.8, 4) is 0 Å². The lowest BCUT2D eigenvalue weighted by Crippen LogP contribution is -2.25. The number of halogens is 3. The summed E-state index contributed by atoms with van der Waals surface area (Å²) in [6.07, 6.45) is 4.57. The molecule has 0 atom stereocenters. The number of amides is 1. The first-order valence-corrected chi connectivity index (χ1v) is 9.99. The largest absolute Gasteiger partial charge is 0.352 e. The fourth-order valence-electron chi connectivity index (χ4n) is 2.00. The molecule has 116 valence electrons. The number of benzene rings is 1. The van der Waals surface area contributed by atoms with E-state index in [0.717, 1.165) is 18.8 Å². The Bertz CT molecular complexity index is 660. The average Bonchev–Trinajstić information content (AvgIpc) is 3.19. The van der Waals surface area contributed by atoms with Crippen LogP contribution in [0.15, 0.2) is 21.5 Å². The van der Waals surface area contributed by atoms with Gasteiger partial charge in [-0.25, -0.2) is 8.42 Å². The Morgan fingerprint density at radius 3 is 2.62 bits per heavy atom. The van der Waals surface area contributed by atoms with Crippen LogP contribution in [0.3, 0.4) is 0 Å². The molecule has 1 N–H and O–H groups in total. The lowest BCUT2D eigenvalue weighted by Gasteiger charge is -2.09. The van der Waals surface area contributed by atoms with Gasteiger partial charge in [-0.3, -0.25) is 4.79 Å². The summed E-state index contributed by atoms with van der Waals surface area (Å²) in [4.78, 5) is 11.8. The van der Waals surface area contributed by atoms with Crippen LogP contribution in [0.5, 0.6) is 0 Å². The molecule has 0 saturated heterocycles. The van der Waals surface area contributed by atoms with Crippen molar-refractivity contribution in [3.63, 3.8) is 0 Å². The second kappa shape index (κ2) is 6.86. The van der Waals surface area contributed by atoms with Gasteiger partial charge in [-0.2, -0.15) is 0 Å². The minimum absolute atomic E-state index is 0.0942. The van der Waals surface area contributed by atoms with Crippen LogP contribution in [-0.4, -0.2) is 20.9 Å². The molecule has 0 unspecified atom stereocenters. The van der Waals surface area contributed by atoms with Gasteiger partial charge in [-0.1, -0.05) is 40.4 Å². The molecule has 1 amide bonds. The zero-order valence-electron chi connectivity index (χ0n) is 11.0. The summed E-state index contributed by atoms with van der Waals surface area (Å²) in [6.45, 7) is 0.543. The van der Waals surface area contributed by atoms with Crippen LogP contribution >= 0.6 is 38.2 Å². The van der Waals surface area contributed by atoms with Gasteiger partial charge in [0.15, 0.2) is 0 Å². The maximum Gasteiger partial charge on any atom is 0.262 e. The molecule has 0 heterocycles. The summed E-state index contributed by atoms with van der Waals surface area (Å²) >= 11 is 9.14. The molecule has 21 heavy (non-hydrogen) atoms. The molecule has 8 heteroatoms. The van der Waals surface area contributed by atoms with Crippen molar-refractivity contribution in [2.75, 3.05) is 6.54 Å². The summed E-state index contributed by atoms with van der Waals surface area (Å²) in [7, 11) is 1.31. The van der Waals surface area contributed by atoms with Gasteiger partial charge in [-0.15, -0.1) is 0 Å². The Labute approximate surface area is 141 Å². The highest BCUT2D eigenvalue weighted by Crippen LogP contribution is 2.33. The molecule has 0 radical (unpaired) electrons. The van der Waals surface area contributed by atoms with Crippen LogP contribution in [0.25, 0.3) is 0 Å². The fourth-order valence-corrected chi connectivity index (χ4v) is 4.19. The third-order valence-corrected chi connectivity index (χ3v) is 5.61. The molecule has 0 aromatic heterocycles. The molecular weight excluding hydrogens is 401 g/mol. The monoisotopic (exact) mass is 413 g/mol. The van der Waals surface area contributed by atoms with Gasteiger partial charge in [0.2, 0.25) is 0 Å². The Morgan fingerprint density at radius 1 is 1.38 bits per heavy atom. The van der Waals surface area contributed by atoms with E-state index in [-0.39, 0.29) is 15.5 Å². The normalized spacial score (nSPS) is 15.0. The maximum atomic E-state index is 12.1. The van der Waals surface area contributed by atoms with E-state index >= 15 is 0 Å². The van der Waals surface area contributed by atoms with Crippen LogP contribution in [0.2, 0.25) is 5.02 Å². The zero-order chi connectivity index (χ0) is 15.6. The van der Waals surface area contributed by atoms with Gasteiger partial charge in [0.05, 0.1) is 10.6 Å². The van der Waals surface area contributed by atoms with E-state index in [2.05, 4.69) is 21.2 Å². The topological polar surface area (TPSA) is 63.2 Å². The van der Waals surface area contributed by atoms with Gasteiger partial charge < -0.3 is 5.32 Å². The van der Waals surface area contributed by atoms with E-state index in [9.17, 15) is 13.2 Å². The van der Waals surface area contributed by atoms with Crippen molar-refractivity contribution >= 4 is 53.2 Å². The Morgan fingerprint density at radius 2 is 2.05 bits per heavy atom. The first-order valence-electron chi connectivity index (χ1n) is 6.51. The first-order chi connectivity index (χ1) is 9.79. The maximum absolute atomic E-state index is 12.1. The second-order valence-electron chi connectivity index (χ2n) is 5.04. The second-order valence-corrected chi connectivity index (χ2v) is 8.87. The summed E-state index contributed by atoms with van der Waals surface area (Å²) in [5.41, 5.74) is 0.0942. The Balaban J connectivity index is 2.10. The van der Waals surface area contributed by atoms with Crippen molar-refractivity contribution in [1.82, 2.24) is 5.32 Å². The number of carbonyl (C=O) groups excluding carboxylic acids is 1. The lowest BCUT2D eigenvalue weighted by molar-refractivity contribution is 0.0952. The number of hydrogen-bond donors (Lipinski definition) is 1. The third kappa shape index (κ3) is 4.84. The smallest absolute Gasteiger partial charge is 0.262 e. The molecule has 1 fully saturated rings. The number of carbonyl (C=O) groups is 1. The molecule has 4 nitrogen and oxygen atoms in total. The molecule has 1 aliphatic carbocycles. The highest BCUT2D eigenvalue weighted by Gasteiger charge is 2.23. The Kier molecular flexibility index (Phi) is 5.57. The molecule has 2 rings (SSSR count). The molecule has 0 aliphatic heterocycles. The van der Waals surface area contributed by atoms with Gasteiger partial charge in [0.1, 0.15) is 4.90 Å². The van der Waals surface area contributed by atoms with E-state index in [4.69, 9.17) is 22.3 Å². The fraction of sp³-hybridized carbons (Fsp3) is 0.462. The minimum Gasteiger partial charge on any atom is -0.352 e. The number of nitrogens with one attached hydrogen (secondary N) is 1. The van der Waals surface area contributed by atoms with Crippen molar-refractivity contribution in [2.24, 2.45) is 5.92 Å². The lowest BCUT2D eigenvalue weighted by atomic mass is 10.2. The summed E-state index contributed by atoms with van der Waals surface area (Å²) in [5, 5.41) is 2.59. The predicted molar refractivity (Wildman–Crippen MR) is 86.5 cm³/mol. The third-order valence-electron chi connectivity index (χ3n) is 3.28. The Hall–Kier alpha value is -0.300. The summed E-state index contributed by atoms with van der Waals surface area (Å²) in [6, 6.07) is 2.75. The number of rotatable bonds is 6. The molecule has 1 aliphatic rings. The van der Waals surface area contributed by atoms with E-state index < -0.39 is 15.0 Å². The SMILES string of the molecule is O=C(NCCCC1CC1)c1cc(Br)cc(S(=O)(=O)Cl)c1Cl. The standard InChI is InChI=1S/C13H14BrCl2NO3S/c14-9-6-10(12(15)11(7-9)21(16,19)20)13(18)17-5-1-2-8-3-4-8/h6-8H,1-5H2,(H,17,18). The minimum atomic E-state index is -4.01. The van der Waals surface area contributed by atoms with E-state index in [1.807, 2.05) is 0 Å². The van der Waals surface area contributed by atoms with Gasteiger partial charge in [-0.05, 0) is 30.9 Å². The molecular formula is C13H14BrCl2NO3S. The van der Waals surface area contributed by atoms with Crippen molar-refractivity contribution < 1.29 is 13.2 Å². The highest BCUT2D eigenvalue weighted by atomic mass is 79.9. The van der Waals surface area contributed by atoms with Crippen molar-refractivity contribution in [2.45, 2.75) is 30.6 Å². The quantitative estimate of drug-likeness (QED) is 0.566. The van der Waals surface area contributed by atoms with Crippen molar-refractivity contribution in [1.29, 1.82) is 0 Å². The zero-order valence-corrected chi connectivity index (χ0v) is 14.9. The van der Waals surface area contributed by atoms with Gasteiger partial charge in [0.25, 0.3) is 15.0 Å². The van der Waals surface area contributed by atoms with E-state index in [1.54, 1.807) is 0 Å². The van der Waals surface area contributed by atoms with E-state index in [0.29, 0.717) is 11.0 Å². The average molecular weight is 415 g/mol. The molecule has 0 spiro atoms. The van der Waals surface area contributed by atoms with Gasteiger partial charge in [0, 0.05) is 21.7 Å².